The van der Waals surface area contributed by atoms with E-state index in [2.05, 4.69) is 0 Å². The molecule has 0 nitrogen and oxygen atoms in total. The standard InChI is InChI=1S/5BrH.Ta/h5*1H;/q;;;;;+2/p-5. The SMILES string of the molecule is [Br-].[Br-].[Br-].[Br-].[Br-].[Ta+2]. The maximum atomic E-state index is 0. The van der Waals surface area contributed by atoms with Crippen LogP contribution in [-0.4, -0.2) is 0 Å². The van der Waals surface area contributed by atoms with Crippen molar-refractivity contribution >= 4 is 0 Å². The maximum Gasteiger partial charge on any atom is 2.00 e. The molecule has 0 rings (SSSR count). The zero-order valence-electron chi connectivity index (χ0n) is 2.34. The second kappa shape index (κ2) is 42.1. The Hall–Kier alpha value is 3.14. The molecule has 0 aromatic rings. The summed E-state index contributed by atoms with van der Waals surface area (Å²) in [6.45, 7) is 0. The van der Waals surface area contributed by atoms with Gasteiger partial charge in [-0.2, -0.15) is 0 Å². The molecule has 6 heteroatoms. The number of halogens is 5. The Kier molecular flexibility index (Phi) is 431. The predicted octanol–water partition coefficient (Wildman–Crippen LogP) is -15.0. The van der Waals surface area contributed by atoms with E-state index in [9.17, 15) is 0 Å². The van der Waals surface area contributed by atoms with E-state index in [1.165, 1.54) is 0 Å². The second-order valence-corrected chi connectivity index (χ2v) is 0. The molecule has 1 radical (unpaired) electrons. The quantitative estimate of drug-likeness (QED) is 0.267. The van der Waals surface area contributed by atoms with Gasteiger partial charge in [-0.1, -0.05) is 0 Å². The molecule has 0 atom stereocenters. The summed E-state index contributed by atoms with van der Waals surface area (Å²) < 4.78 is 0. The first-order valence-electron chi connectivity index (χ1n) is 0. The van der Waals surface area contributed by atoms with Gasteiger partial charge in [-0.05, 0) is 0 Å². The van der Waals surface area contributed by atoms with Crippen LogP contribution in [0.2, 0.25) is 0 Å². The van der Waals surface area contributed by atoms with Crippen LogP contribution in [0, 0.1) is 0 Å². The molecule has 43 valence electrons. The summed E-state index contributed by atoms with van der Waals surface area (Å²) in [4.78, 5) is 0. The molecule has 0 spiro atoms. The maximum absolute atomic E-state index is 0. The topological polar surface area (TPSA) is 0 Å². The summed E-state index contributed by atoms with van der Waals surface area (Å²) in [6.07, 6.45) is 0. The molecule has 0 saturated carbocycles. The normalized spacial score (nSPS) is 0. The molecule has 0 bridgehead atoms. The minimum atomic E-state index is 0. The summed E-state index contributed by atoms with van der Waals surface area (Å²) in [5.41, 5.74) is 0. The number of rotatable bonds is 0. The van der Waals surface area contributed by atoms with Crippen molar-refractivity contribution in [1.29, 1.82) is 0 Å². The third-order valence-corrected chi connectivity index (χ3v) is 0. The molecule has 0 heterocycles. The Labute approximate surface area is 106 Å². The fourth-order valence-corrected chi connectivity index (χ4v) is 0. The van der Waals surface area contributed by atoms with E-state index < -0.39 is 0 Å². The van der Waals surface area contributed by atoms with E-state index in [0.717, 1.165) is 0 Å². The van der Waals surface area contributed by atoms with Crippen LogP contribution in [-0.2, 0) is 22.4 Å². The number of hydrogen-bond acceptors (Lipinski definition) is 0. The van der Waals surface area contributed by atoms with Crippen molar-refractivity contribution in [2.24, 2.45) is 0 Å². The van der Waals surface area contributed by atoms with Crippen LogP contribution < -0.4 is 84.9 Å². The monoisotopic (exact) mass is 576 g/mol. The molecule has 0 N–H and O–H groups in total. The zero-order valence-corrected chi connectivity index (χ0v) is 13.5. The van der Waals surface area contributed by atoms with Crippen molar-refractivity contribution in [3.63, 3.8) is 0 Å². The Morgan fingerprint density at radius 3 is 0.333 bits per heavy atom. The molecule has 0 aromatic carbocycles. The van der Waals surface area contributed by atoms with Crippen LogP contribution in [0.4, 0.5) is 0 Å². The van der Waals surface area contributed by atoms with Crippen molar-refractivity contribution < 1.29 is 107 Å². The van der Waals surface area contributed by atoms with Gasteiger partial charge in [-0.15, -0.1) is 0 Å². The van der Waals surface area contributed by atoms with E-state index in [0.29, 0.717) is 0 Å². The van der Waals surface area contributed by atoms with Crippen LogP contribution in [0.5, 0.6) is 0 Å². The summed E-state index contributed by atoms with van der Waals surface area (Å²) in [5, 5.41) is 0. The van der Waals surface area contributed by atoms with Crippen molar-refractivity contribution in [1.82, 2.24) is 0 Å². The Bertz CT molecular complexity index is 3.90. The molecule has 6 heavy (non-hydrogen) atoms. The van der Waals surface area contributed by atoms with Crippen LogP contribution in [0.25, 0.3) is 0 Å². The van der Waals surface area contributed by atoms with Crippen LogP contribution in [0.1, 0.15) is 0 Å². The Balaban J connectivity index is 0. The first-order chi connectivity index (χ1) is 0. The van der Waals surface area contributed by atoms with E-state index in [4.69, 9.17) is 0 Å². The van der Waals surface area contributed by atoms with Crippen LogP contribution in [0.3, 0.4) is 0 Å². The van der Waals surface area contributed by atoms with E-state index in [1.54, 1.807) is 0 Å². The van der Waals surface area contributed by atoms with Crippen molar-refractivity contribution in [3.05, 3.63) is 0 Å². The predicted molar refractivity (Wildman–Crippen MR) is 0 cm³/mol. The number of hydrogen-bond donors (Lipinski definition) is 0. The minimum Gasteiger partial charge on any atom is -1.00 e. The smallest absolute Gasteiger partial charge is 1.00 e. The fourth-order valence-electron chi connectivity index (χ4n) is 0. The molecule has 0 saturated heterocycles. The van der Waals surface area contributed by atoms with Crippen molar-refractivity contribution in [3.8, 4) is 0 Å². The Morgan fingerprint density at radius 1 is 0.333 bits per heavy atom. The Morgan fingerprint density at radius 2 is 0.333 bits per heavy atom. The van der Waals surface area contributed by atoms with Crippen molar-refractivity contribution in [2.45, 2.75) is 0 Å². The second-order valence-electron chi connectivity index (χ2n) is 0. The van der Waals surface area contributed by atoms with E-state index in [-0.39, 0.29) is 107 Å². The average Bonchev–Trinajstić information content (AvgIpc) is 0. The largest absolute Gasteiger partial charge is 2.00 e. The van der Waals surface area contributed by atoms with Gasteiger partial charge in [-0.3, -0.25) is 0 Å². The summed E-state index contributed by atoms with van der Waals surface area (Å²) in [5.74, 6) is 0. The van der Waals surface area contributed by atoms with Gasteiger partial charge >= 0.3 is 22.4 Å². The molecule has 0 aliphatic carbocycles. The molecule has 0 aliphatic heterocycles. The van der Waals surface area contributed by atoms with Crippen LogP contribution >= 0.6 is 0 Å². The third kappa shape index (κ3) is 27.3. The first kappa shape index (κ1) is 61.4. The molecular formula is Br5Ta-3. The molecule has 0 aromatic heterocycles. The van der Waals surface area contributed by atoms with Gasteiger partial charge in [0.15, 0.2) is 0 Å². The minimum absolute atomic E-state index is 0. The van der Waals surface area contributed by atoms with Gasteiger partial charge in [-0.25, -0.2) is 0 Å². The van der Waals surface area contributed by atoms with Crippen LogP contribution in [0.15, 0.2) is 0 Å². The van der Waals surface area contributed by atoms with E-state index >= 15 is 0 Å². The van der Waals surface area contributed by atoms with Gasteiger partial charge in [0.25, 0.3) is 0 Å². The average molecular weight is 580 g/mol. The van der Waals surface area contributed by atoms with Crippen molar-refractivity contribution in [2.75, 3.05) is 0 Å². The summed E-state index contributed by atoms with van der Waals surface area (Å²) in [7, 11) is 0. The summed E-state index contributed by atoms with van der Waals surface area (Å²) in [6, 6.07) is 0. The van der Waals surface area contributed by atoms with Gasteiger partial charge in [0, 0.05) is 0 Å². The third-order valence-electron chi connectivity index (χ3n) is 0. The van der Waals surface area contributed by atoms with Gasteiger partial charge in [0.05, 0.1) is 0 Å². The van der Waals surface area contributed by atoms with Gasteiger partial charge < -0.3 is 84.9 Å². The summed E-state index contributed by atoms with van der Waals surface area (Å²) >= 11 is 0. The van der Waals surface area contributed by atoms with Gasteiger partial charge in [0.1, 0.15) is 0 Å². The van der Waals surface area contributed by atoms with Gasteiger partial charge in [0.2, 0.25) is 0 Å². The molecule has 0 amide bonds. The fraction of sp³-hybridized carbons (Fsp3) is 0. The first-order valence-corrected chi connectivity index (χ1v) is 0. The molecule has 0 aliphatic rings. The molecular weight excluding hydrogens is 580 g/mol. The molecule has 0 fully saturated rings. The van der Waals surface area contributed by atoms with E-state index in [1.807, 2.05) is 0 Å². The molecule has 0 unspecified atom stereocenters. The zero-order chi connectivity index (χ0) is 0.